The van der Waals surface area contributed by atoms with Gasteiger partial charge < -0.3 is 4.42 Å². The summed E-state index contributed by atoms with van der Waals surface area (Å²) in [4.78, 5) is 0. The van der Waals surface area contributed by atoms with E-state index in [9.17, 15) is 0 Å². The van der Waals surface area contributed by atoms with Gasteiger partial charge in [0.25, 0.3) is 0 Å². The first-order chi connectivity index (χ1) is 21.3. The standard InChI is InChI=1S/C36H28O/c1-36(2,3)25-18-20-33-31(22-25)30-21-24(17-19-32(30)37-33)35-28-15-9-7-13-26(28)34(23-11-5-4-6-12-23)27-14-8-10-16-29(27)35/h4-22H,1-3H3/i7D,8D,9D,10D,13D,14D,15D,16D. The molecule has 0 aliphatic carbocycles. The summed E-state index contributed by atoms with van der Waals surface area (Å²) in [6.07, 6.45) is 0. The van der Waals surface area contributed by atoms with Crippen LogP contribution < -0.4 is 0 Å². The van der Waals surface area contributed by atoms with Crippen molar-refractivity contribution in [1.82, 2.24) is 0 Å². The van der Waals surface area contributed by atoms with Gasteiger partial charge in [-0.1, -0.05) is 112 Å². The Morgan fingerprint density at radius 2 is 1.05 bits per heavy atom. The number of rotatable bonds is 2. The van der Waals surface area contributed by atoms with E-state index in [-0.39, 0.29) is 51.1 Å². The van der Waals surface area contributed by atoms with Crippen LogP contribution in [0.15, 0.2) is 119 Å². The lowest BCUT2D eigenvalue weighted by Crippen LogP contribution is -2.10. The molecule has 1 heterocycles. The molecule has 1 aromatic heterocycles. The minimum Gasteiger partial charge on any atom is -0.456 e. The summed E-state index contributed by atoms with van der Waals surface area (Å²) in [5, 5.41) is 2.47. The summed E-state index contributed by atoms with van der Waals surface area (Å²) in [6, 6.07) is 17.8. The molecule has 1 nitrogen and oxygen atoms in total. The van der Waals surface area contributed by atoms with Gasteiger partial charge in [0, 0.05) is 10.8 Å². The summed E-state index contributed by atoms with van der Waals surface area (Å²) in [6.45, 7) is 6.40. The van der Waals surface area contributed by atoms with E-state index in [4.69, 9.17) is 15.4 Å². The minimum absolute atomic E-state index is 0.110. The number of benzene rings is 6. The van der Waals surface area contributed by atoms with Crippen LogP contribution in [-0.2, 0) is 5.41 Å². The Morgan fingerprint density at radius 1 is 0.541 bits per heavy atom. The van der Waals surface area contributed by atoms with Crippen LogP contribution >= 0.6 is 0 Å². The summed E-state index contributed by atoms with van der Waals surface area (Å²) in [7, 11) is 0. The molecule has 0 fully saturated rings. The Morgan fingerprint density at radius 3 is 1.62 bits per heavy atom. The van der Waals surface area contributed by atoms with E-state index in [0.29, 0.717) is 33.4 Å². The second kappa shape index (κ2) is 8.08. The third-order valence-corrected chi connectivity index (χ3v) is 7.06. The third-order valence-electron chi connectivity index (χ3n) is 7.06. The highest BCUT2D eigenvalue weighted by atomic mass is 16.3. The van der Waals surface area contributed by atoms with Crippen LogP contribution in [0.1, 0.15) is 37.3 Å². The van der Waals surface area contributed by atoms with Crippen LogP contribution in [0, 0.1) is 0 Å². The van der Waals surface area contributed by atoms with Crippen molar-refractivity contribution < 1.29 is 15.4 Å². The molecule has 0 spiro atoms. The van der Waals surface area contributed by atoms with Crippen molar-refractivity contribution in [2.75, 3.05) is 0 Å². The number of hydrogen-bond donors (Lipinski definition) is 0. The van der Waals surface area contributed by atoms with Gasteiger partial charge in [0.15, 0.2) is 0 Å². The molecule has 178 valence electrons. The van der Waals surface area contributed by atoms with Crippen molar-refractivity contribution in [2.24, 2.45) is 0 Å². The topological polar surface area (TPSA) is 13.1 Å². The Balaban J connectivity index is 1.75. The van der Waals surface area contributed by atoms with Crippen molar-refractivity contribution in [2.45, 2.75) is 26.2 Å². The molecule has 6 aromatic carbocycles. The number of fused-ring (bicyclic) bond motifs is 5. The minimum atomic E-state index is -0.419. The number of hydrogen-bond acceptors (Lipinski definition) is 1. The molecule has 0 aliphatic rings. The molecular weight excluding hydrogens is 448 g/mol. The maximum Gasteiger partial charge on any atom is 0.135 e. The molecule has 37 heavy (non-hydrogen) atoms. The zero-order valence-corrected chi connectivity index (χ0v) is 20.8. The molecule has 0 radical (unpaired) electrons. The molecule has 0 saturated heterocycles. The van der Waals surface area contributed by atoms with Crippen molar-refractivity contribution in [3.8, 4) is 22.3 Å². The van der Waals surface area contributed by atoms with Gasteiger partial charge in [-0.05, 0) is 79.0 Å². The number of furan rings is 1. The second-order valence-corrected chi connectivity index (χ2v) is 10.4. The third kappa shape index (κ3) is 3.46. The molecule has 0 atom stereocenters. The highest BCUT2D eigenvalue weighted by molar-refractivity contribution is 6.22. The van der Waals surface area contributed by atoms with Crippen molar-refractivity contribution in [3.63, 3.8) is 0 Å². The first-order valence-corrected chi connectivity index (χ1v) is 12.3. The van der Waals surface area contributed by atoms with Crippen LogP contribution in [0.25, 0.3) is 65.7 Å². The Bertz CT molecular complexity index is 2300. The van der Waals surface area contributed by atoms with Crippen molar-refractivity contribution in [1.29, 1.82) is 0 Å². The molecule has 0 bridgehead atoms. The Kier molecular flexibility index (Phi) is 3.28. The molecule has 0 aliphatic heterocycles. The van der Waals surface area contributed by atoms with Crippen LogP contribution in [0.5, 0.6) is 0 Å². The van der Waals surface area contributed by atoms with Crippen molar-refractivity contribution in [3.05, 3.63) is 121 Å². The van der Waals surface area contributed by atoms with Gasteiger partial charge >= 0.3 is 0 Å². The normalized spacial score (nSPS) is 15.2. The van der Waals surface area contributed by atoms with Gasteiger partial charge in [0.1, 0.15) is 11.2 Å². The van der Waals surface area contributed by atoms with E-state index in [2.05, 4.69) is 26.8 Å². The maximum absolute atomic E-state index is 9.13. The zero-order valence-electron chi connectivity index (χ0n) is 28.8. The second-order valence-electron chi connectivity index (χ2n) is 10.4. The van der Waals surface area contributed by atoms with Gasteiger partial charge in [-0.2, -0.15) is 0 Å². The average Bonchev–Trinajstić information content (AvgIpc) is 3.40. The average molecular weight is 485 g/mol. The largest absolute Gasteiger partial charge is 0.456 e. The summed E-state index contributed by atoms with van der Waals surface area (Å²) in [5.74, 6) is 0. The maximum atomic E-state index is 9.13. The molecule has 0 saturated carbocycles. The molecule has 0 N–H and O–H groups in total. The van der Waals surface area contributed by atoms with Crippen LogP contribution in [-0.4, -0.2) is 0 Å². The first-order valence-electron chi connectivity index (χ1n) is 16.3. The van der Waals surface area contributed by atoms with E-state index >= 15 is 0 Å². The van der Waals surface area contributed by atoms with Crippen LogP contribution in [0.2, 0.25) is 0 Å². The Hall–Kier alpha value is -4.36. The van der Waals surface area contributed by atoms with E-state index in [1.807, 2.05) is 30.3 Å². The molecule has 7 aromatic rings. The van der Waals surface area contributed by atoms with Gasteiger partial charge in [-0.15, -0.1) is 0 Å². The smallest absolute Gasteiger partial charge is 0.135 e. The zero-order chi connectivity index (χ0) is 32.1. The summed E-state index contributed by atoms with van der Waals surface area (Å²) < 4.78 is 76.9. The summed E-state index contributed by atoms with van der Waals surface area (Å²) in [5.41, 5.74) is 4.15. The molecular formula is C36H28O. The fourth-order valence-electron chi connectivity index (χ4n) is 5.21. The SMILES string of the molecule is [2H]c1c([2H])c([2H])c2c(-c3ccc4oc5ccc(C(C)(C)C)cc5c4c3)c3c([2H])c([2H])c([2H])c([2H])c3c(-c3ccccc3)c2c1[2H]. The fraction of sp³-hybridized carbons (Fsp3) is 0.111. The predicted octanol–water partition coefficient (Wildman–Crippen LogP) is 10.5. The van der Waals surface area contributed by atoms with E-state index in [1.165, 1.54) is 0 Å². The highest BCUT2D eigenvalue weighted by Gasteiger charge is 2.19. The monoisotopic (exact) mass is 484 g/mol. The summed E-state index contributed by atoms with van der Waals surface area (Å²) >= 11 is 0. The fourth-order valence-corrected chi connectivity index (χ4v) is 5.21. The lowest BCUT2D eigenvalue weighted by atomic mass is 9.85. The van der Waals surface area contributed by atoms with Gasteiger partial charge in [0.05, 0.1) is 11.0 Å². The quantitative estimate of drug-likeness (QED) is 0.222. The van der Waals surface area contributed by atoms with Crippen molar-refractivity contribution >= 4 is 43.5 Å². The van der Waals surface area contributed by atoms with E-state index < -0.39 is 24.2 Å². The molecule has 0 unspecified atom stereocenters. The highest BCUT2D eigenvalue weighted by Crippen LogP contribution is 2.44. The van der Waals surface area contributed by atoms with Crippen LogP contribution in [0.3, 0.4) is 0 Å². The van der Waals surface area contributed by atoms with Gasteiger partial charge in [-0.25, -0.2) is 0 Å². The molecule has 0 amide bonds. The van der Waals surface area contributed by atoms with E-state index in [0.717, 1.165) is 16.3 Å². The predicted molar refractivity (Wildman–Crippen MR) is 158 cm³/mol. The molecule has 1 heteroatoms. The van der Waals surface area contributed by atoms with Gasteiger partial charge in [-0.3, -0.25) is 0 Å². The van der Waals surface area contributed by atoms with E-state index in [1.54, 1.807) is 30.3 Å². The first kappa shape index (κ1) is 15.0. The Labute approximate surface area is 228 Å². The lowest BCUT2D eigenvalue weighted by Gasteiger charge is -2.18. The van der Waals surface area contributed by atoms with Gasteiger partial charge in [0.2, 0.25) is 0 Å². The van der Waals surface area contributed by atoms with Crippen LogP contribution in [0.4, 0.5) is 0 Å². The molecule has 7 rings (SSSR count). The lowest BCUT2D eigenvalue weighted by molar-refractivity contribution is 0.590.